The number of hydrogen-bond donors (Lipinski definition) is 0. The molecule has 0 spiro atoms. The molecule has 28 heavy (non-hydrogen) atoms. The second kappa shape index (κ2) is 7.81. The first-order chi connectivity index (χ1) is 13.6. The minimum atomic E-state index is -0.619. The fourth-order valence-electron chi connectivity index (χ4n) is 3.17. The molecule has 1 aliphatic heterocycles. The van der Waals surface area contributed by atoms with Gasteiger partial charge in [0.05, 0.1) is 21.1 Å². The summed E-state index contributed by atoms with van der Waals surface area (Å²) in [5, 5.41) is 17.0. The summed E-state index contributed by atoms with van der Waals surface area (Å²) in [5.41, 5.74) is 1.19. The van der Waals surface area contributed by atoms with E-state index in [0.29, 0.717) is 17.1 Å². The Morgan fingerprint density at radius 1 is 1.29 bits per heavy atom. The zero-order valence-corrected chi connectivity index (χ0v) is 15.7. The third kappa shape index (κ3) is 3.74. The van der Waals surface area contributed by atoms with E-state index in [0.717, 1.165) is 30.8 Å². The lowest BCUT2D eigenvalue weighted by Gasteiger charge is -2.20. The number of aromatic nitrogens is 1. The molecule has 0 atom stereocenters. The van der Waals surface area contributed by atoms with Crippen LogP contribution in [-0.4, -0.2) is 29.1 Å². The predicted molar refractivity (Wildman–Crippen MR) is 103 cm³/mol. The van der Waals surface area contributed by atoms with Crippen LogP contribution >= 0.6 is 11.3 Å². The maximum atomic E-state index is 12.7. The summed E-state index contributed by atoms with van der Waals surface area (Å²) >= 11 is 1.52. The van der Waals surface area contributed by atoms with Crippen LogP contribution in [0.4, 0.5) is 11.4 Å². The first kappa shape index (κ1) is 18.2. The molecule has 144 valence electrons. The van der Waals surface area contributed by atoms with Crippen LogP contribution in [0.1, 0.15) is 28.9 Å². The molecule has 1 fully saturated rings. The van der Waals surface area contributed by atoms with Crippen molar-refractivity contribution in [1.29, 1.82) is 0 Å². The monoisotopic (exact) mass is 399 g/mol. The summed E-state index contributed by atoms with van der Waals surface area (Å²) in [6, 6.07) is 9.83. The molecule has 3 heterocycles. The number of nitro groups is 1. The summed E-state index contributed by atoms with van der Waals surface area (Å²) in [4.78, 5) is 26.3. The second-order valence-corrected chi connectivity index (χ2v) is 7.34. The van der Waals surface area contributed by atoms with Crippen LogP contribution in [0.2, 0.25) is 0 Å². The first-order valence-electron chi connectivity index (χ1n) is 8.82. The van der Waals surface area contributed by atoms with Gasteiger partial charge in [-0.2, -0.15) is 0 Å². The lowest BCUT2D eigenvalue weighted by atomic mass is 10.1. The maximum absolute atomic E-state index is 12.7. The van der Waals surface area contributed by atoms with E-state index in [1.54, 1.807) is 12.1 Å². The number of thiophene rings is 1. The number of esters is 1. The lowest BCUT2D eigenvalue weighted by molar-refractivity contribution is -0.384. The lowest BCUT2D eigenvalue weighted by Crippen LogP contribution is -2.21. The summed E-state index contributed by atoms with van der Waals surface area (Å²) < 4.78 is 10.6. The molecule has 4 rings (SSSR count). The van der Waals surface area contributed by atoms with Crippen LogP contribution in [0.3, 0.4) is 0 Å². The number of carbonyl (C=O) groups is 1. The Labute approximate surface area is 164 Å². The number of carbonyl (C=O) groups excluding carboxylic acids is 1. The fraction of sp³-hybridized carbons (Fsp3) is 0.263. The van der Waals surface area contributed by atoms with Crippen LogP contribution in [0.25, 0.3) is 10.6 Å². The van der Waals surface area contributed by atoms with Crippen molar-refractivity contribution in [2.75, 3.05) is 18.0 Å². The number of benzene rings is 1. The summed E-state index contributed by atoms with van der Waals surface area (Å²) in [6.07, 6.45) is 2.05. The van der Waals surface area contributed by atoms with Gasteiger partial charge in [-0.05, 0) is 30.4 Å². The van der Waals surface area contributed by atoms with E-state index < -0.39 is 10.9 Å². The highest BCUT2D eigenvalue weighted by Crippen LogP contribution is 2.29. The number of hydrogen-bond acceptors (Lipinski definition) is 8. The zero-order valence-electron chi connectivity index (χ0n) is 14.9. The number of anilines is 1. The molecule has 0 radical (unpaired) electrons. The van der Waals surface area contributed by atoms with Gasteiger partial charge in [0.15, 0.2) is 5.76 Å². The van der Waals surface area contributed by atoms with Crippen molar-refractivity contribution in [2.24, 2.45) is 0 Å². The standard InChI is InChI=1S/C19H17N3O5S/c23-19(26-12-13-10-17(27-20-13)18-4-3-9-28-18)15-11-14(22(24)25)5-6-16(15)21-7-1-2-8-21/h3-6,9-11H,1-2,7-8,12H2. The van der Waals surface area contributed by atoms with Gasteiger partial charge >= 0.3 is 5.97 Å². The zero-order chi connectivity index (χ0) is 19.5. The molecule has 0 amide bonds. The number of rotatable bonds is 6. The van der Waals surface area contributed by atoms with Gasteiger partial charge in [-0.1, -0.05) is 11.2 Å². The molecule has 0 N–H and O–H groups in total. The van der Waals surface area contributed by atoms with E-state index in [2.05, 4.69) is 5.16 Å². The van der Waals surface area contributed by atoms with E-state index >= 15 is 0 Å². The Balaban J connectivity index is 1.52. The van der Waals surface area contributed by atoms with E-state index in [-0.39, 0.29) is 17.9 Å². The molecule has 1 saturated heterocycles. The average molecular weight is 399 g/mol. The Kier molecular flexibility index (Phi) is 5.07. The highest BCUT2D eigenvalue weighted by atomic mass is 32.1. The largest absolute Gasteiger partial charge is 0.455 e. The fourth-order valence-corrected chi connectivity index (χ4v) is 3.84. The SMILES string of the molecule is O=C(OCc1cc(-c2cccs2)on1)c1cc([N+](=O)[O-])ccc1N1CCCC1. The van der Waals surface area contributed by atoms with Gasteiger partial charge < -0.3 is 14.2 Å². The molecule has 9 heteroatoms. The minimum Gasteiger partial charge on any atom is -0.455 e. The average Bonchev–Trinajstić information content (AvgIpc) is 3.47. The van der Waals surface area contributed by atoms with Crippen molar-refractivity contribution < 1.29 is 19.0 Å². The molecule has 0 saturated carbocycles. The summed E-state index contributed by atoms with van der Waals surface area (Å²) in [7, 11) is 0. The van der Waals surface area contributed by atoms with E-state index in [1.807, 2.05) is 22.4 Å². The van der Waals surface area contributed by atoms with Crippen molar-refractivity contribution in [3.63, 3.8) is 0 Å². The third-order valence-corrected chi connectivity index (χ3v) is 5.42. The van der Waals surface area contributed by atoms with Crippen molar-refractivity contribution >= 4 is 28.7 Å². The summed E-state index contributed by atoms with van der Waals surface area (Å²) in [5.74, 6) is -0.0135. The molecule has 0 bridgehead atoms. The van der Waals surface area contributed by atoms with Crippen molar-refractivity contribution in [3.8, 4) is 10.6 Å². The van der Waals surface area contributed by atoms with Crippen LogP contribution < -0.4 is 4.90 Å². The molecule has 2 aromatic heterocycles. The highest BCUT2D eigenvalue weighted by Gasteiger charge is 2.24. The van der Waals surface area contributed by atoms with Gasteiger partial charge in [0.25, 0.3) is 5.69 Å². The van der Waals surface area contributed by atoms with Gasteiger partial charge in [-0.3, -0.25) is 10.1 Å². The number of nitrogens with zero attached hydrogens (tertiary/aromatic N) is 3. The number of nitro benzene ring substituents is 1. The van der Waals surface area contributed by atoms with Gasteiger partial charge in [-0.25, -0.2) is 4.79 Å². The van der Waals surface area contributed by atoms with Crippen molar-refractivity contribution in [1.82, 2.24) is 5.16 Å². The smallest absolute Gasteiger partial charge is 0.340 e. The first-order valence-corrected chi connectivity index (χ1v) is 9.70. The molecule has 0 unspecified atom stereocenters. The quantitative estimate of drug-likeness (QED) is 0.347. The van der Waals surface area contributed by atoms with E-state index in [9.17, 15) is 14.9 Å². The van der Waals surface area contributed by atoms with Gasteiger partial charge in [0.2, 0.25) is 0 Å². The maximum Gasteiger partial charge on any atom is 0.340 e. The van der Waals surface area contributed by atoms with Crippen LogP contribution in [0, 0.1) is 10.1 Å². The van der Waals surface area contributed by atoms with Crippen molar-refractivity contribution in [3.05, 3.63) is 63.1 Å². The highest BCUT2D eigenvalue weighted by molar-refractivity contribution is 7.13. The van der Waals surface area contributed by atoms with Crippen LogP contribution in [-0.2, 0) is 11.3 Å². The Hall–Kier alpha value is -3.20. The Morgan fingerprint density at radius 3 is 2.82 bits per heavy atom. The number of non-ortho nitro benzene ring substituents is 1. The minimum absolute atomic E-state index is 0.0736. The van der Waals surface area contributed by atoms with Gasteiger partial charge in [-0.15, -0.1) is 11.3 Å². The second-order valence-electron chi connectivity index (χ2n) is 6.39. The molecule has 1 aromatic carbocycles. The molecule has 3 aromatic rings. The van der Waals surface area contributed by atoms with Gasteiger partial charge in [0, 0.05) is 31.3 Å². The van der Waals surface area contributed by atoms with Crippen LogP contribution in [0.5, 0.6) is 0 Å². The molecular formula is C19H17N3O5S. The van der Waals surface area contributed by atoms with Crippen molar-refractivity contribution in [2.45, 2.75) is 19.4 Å². The number of ether oxygens (including phenoxy) is 1. The molecular weight excluding hydrogens is 382 g/mol. The molecule has 1 aliphatic rings. The third-order valence-electron chi connectivity index (χ3n) is 4.53. The Bertz CT molecular complexity index is 993. The molecule has 8 nitrogen and oxygen atoms in total. The van der Waals surface area contributed by atoms with E-state index in [1.165, 1.54) is 23.5 Å². The van der Waals surface area contributed by atoms with E-state index in [4.69, 9.17) is 9.26 Å². The Morgan fingerprint density at radius 2 is 2.11 bits per heavy atom. The summed E-state index contributed by atoms with van der Waals surface area (Å²) in [6.45, 7) is 1.55. The normalized spacial score (nSPS) is 13.6. The molecule has 0 aliphatic carbocycles. The predicted octanol–water partition coefficient (Wildman–Crippen LogP) is 4.27. The topological polar surface area (TPSA) is 98.7 Å². The van der Waals surface area contributed by atoms with Crippen LogP contribution in [0.15, 0.2) is 46.3 Å². The van der Waals surface area contributed by atoms with Gasteiger partial charge in [0.1, 0.15) is 12.3 Å².